The highest BCUT2D eigenvalue weighted by Crippen LogP contribution is 2.40. The molecule has 1 aromatic rings. The molecule has 0 N–H and O–H groups in total. The highest BCUT2D eigenvalue weighted by Gasteiger charge is 2.48. The van der Waals surface area contributed by atoms with Crippen molar-refractivity contribution < 1.29 is 9.66 Å². The van der Waals surface area contributed by atoms with Gasteiger partial charge in [0.15, 0.2) is 6.21 Å². The van der Waals surface area contributed by atoms with Crippen molar-refractivity contribution in [3.8, 4) is 0 Å². The third-order valence-corrected chi connectivity index (χ3v) is 4.96. The summed E-state index contributed by atoms with van der Waals surface area (Å²) in [6, 6.07) is 5.98. The van der Waals surface area contributed by atoms with Crippen LogP contribution in [-0.4, -0.2) is 43.1 Å². The molecule has 1 aliphatic rings. The van der Waals surface area contributed by atoms with Crippen LogP contribution in [0.25, 0.3) is 0 Å². The van der Waals surface area contributed by atoms with E-state index in [2.05, 4.69) is 0 Å². The average Bonchev–Trinajstić information content (AvgIpc) is 2.58. The summed E-state index contributed by atoms with van der Waals surface area (Å²) in [6.07, 6.45) is 0.916. The lowest BCUT2D eigenvalue weighted by atomic mass is 10.1. The highest BCUT2D eigenvalue weighted by molar-refractivity contribution is 8.24. The zero-order valence-corrected chi connectivity index (χ0v) is 13.5. The van der Waals surface area contributed by atoms with Crippen LogP contribution in [0, 0.1) is 15.3 Å². The first-order chi connectivity index (χ1) is 9.72. The van der Waals surface area contributed by atoms with Gasteiger partial charge in [0, 0.05) is 24.7 Å². The van der Waals surface area contributed by atoms with Crippen LogP contribution in [0.2, 0.25) is 0 Å². The molecule has 1 fully saturated rings. The van der Waals surface area contributed by atoms with Crippen LogP contribution in [0.5, 0.6) is 0 Å². The maximum absolute atomic E-state index is 12.4. The van der Waals surface area contributed by atoms with Crippen LogP contribution in [0.15, 0.2) is 24.3 Å². The van der Waals surface area contributed by atoms with Crippen molar-refractivity contribution in [1.82, 2.24) is 4.90 Å². The molecule has 0 amide bonds. The molecular formula is C13H15N3O3S2. The van der Waals surface area contributed by atoms with Gasteiger partial charge in [0.2, 0.25) is 0 Å². The third kappa shape index (κ3) is 3.16. The van der Waals surface area contributed by atoms with Gasteiger partial charge in [-0.05, 0) is 19.9 Å². The van der Waals surface area contributed by atoms with E-state index < -0.39 is 11.1 Å². The van der Waals surface area contributed by atoms with E-state index in [4.69, 9.17) is 12.2 Å². The van der Waals surface area contributed by atoms with Gasteiger partial charge in [-0.1, -0.05) is 30.0 Å². The molecule has 2 rings (SSSR count). The van der Waals surface area contributed by atoms with Gasteiger partial charge in [-0.2, -0.15) is 4.74 Å². The molecule has 112 valence electrons. The Morgan fingerprint density at radius 1 is 1.43 bits per heavy atom. The van der Waals surface area contributed by atoms with Gasteiger partial charge in [-0.25, -0.2) is 0 Å². The molecule has 6 nitrogen and oxygen atoms in total. The molecule has 0 radical (unpaired) electrons. The zero-order valence-electron chi connectivity index (χ0n) is 11.8. The highest BCUT2D eigenvalue weighted by atomic mass is 32.2. The molecule has 1 heterocycles. The van der Waals surface area contributed by atoms with Crippen LogP contribution in [0.1, 0.15) is 19.4 Å². The lowest BCUT2D eigenvalue weighted by Gasteiger charge is -2.27. The molecule has 1 saturated heterocycles. The number of rotatable bonds is 3. The summed E-state index contributed by atoms with van der Waals surface area (Å²) in [5.74, 6) is 0. The first-order valence-electron chi connectivity index (χ1n) is 6.23. The van der Waals surface area contributed by atoms with Gasteiger partial charge in [-0.3, -0.25) is 10.1 Å². The summed E-state index contributed by atoms with van der Waals surface area (Å²) in [5, 5.41) is 23.2. The minimum Gasteiger partial charge on any atom is -0.622 e. The number of thioether (sulfide) groups is 1. The predicted molar refractivity (Wildman–Crippen MR) is 87.7 cm³/mol. The van der Waals surface area contributed by atoms with Crippen LogP contribution in [0.3, 0.4) is 0 Å². The molecule has 21 heavy (non-hydrogen) atoms. The number of thiocarbonyl (C=S) groups is 1. The summed E-state index contributed by atoms with van der Waals surface area (Å²) in [5.41, 5.74) is 0.451. The Balaban J connectivity index is 2.35. The van der Waals surface area contributed by atoms with Crippen LogP contribution in [0.4, 0.5) is 5.69 Å². The van der Waals surface area contributed by atoms with Gasteiger partial charge in [-0.15, -0.1) is 0 Å². The molecule has 1 aromatic carbocycles. The van der Waals surface area contributed by atoms with E-state index in [-0.39, 0.29) is 10.4 Å². The molecular weight excluding hydrogens is 310 g/mol. The minimum absolute atomic E-state index is 0.0407. The van der Waals surface area contributed by atoms with Gasteiger partial charge in [0.1, 0.15) is 9.07 Å². The number of hydrogen-bond donors (Lipinski definition) is 0. The fraction of sp³-hybridized carbons (Fsp3) is 0.385. The topological polar surface area (TPSA) is 72.5 Å². The van der Waals surface area contributed by atoms with E-state index in [0.717, 1.165) is 4.74 Å². The summed E-state index contributed by atoms with van der Waals surface area (Å²) in [6.45, 7) is 3.90. The largest absolute Gasteiger partial charge is 0.622 e. The quantitative estimate of drug-likeness (QED) is 0.212. The number of hydrogen-bond acceptors (Lipinski definition) is 5. The lowest BCUT2D eigenvalue weighted by molar-refractivity contribution is -0.522. The average molecular weight is 325 g/mol. The minimum atomic E-state index is -0.483. The van der Waals surface area contributed by atoms with Crippen LogP contribution in [-0.2, 0) is 0 Å². The number of non-ortho nitro benzene ring substituents is 1. The van der Waals surface area contributed by atoms with Crippen molar-refractivity contribution >= 4 is 40.2 Å². The second-order valence-corrected chi connectivity index (χ2v) is 7.59. The number of nitrogens with zero attached hydrogens (tertiary/aromatic N) is 3. The third-order valence-electron chi connectivity index (χ3n) is 3.23. The fourth-order valence-corrected chi connectivity index (χ4v) is 4.13. The van der Waals surface area contributed by atoms with Crippen LogP contribution >= 0.6 is 24.0 Å². The summed E-state index contributed by atoms with van der Waals surface area (Å²) < 4.78 is 1.12. The van der Waals surface area contributed by atoms with E-state index >= 15 is 0 Å². The molecule has 0 aromatic heterocycles. The molecule has 0 spiro atoms. The van der Waals surface area contributed by atoms with Gasteiger partial charge >= 0.3 is 0 Å². The normalized spacial score (nSPS) is 21.7. The molecule has 8 heteroatoms. The Hall–Kier alpha value is -1.67. The molecule has 0 aliphatic carbocycles. The van der Waals surface area contributed by atoms with Crippen molar-refractivity contribution in [2.75, 3.05) is 7.05 Å². The molecule has 0 saturated carbocycles. The van der Waals surface area contributed by atoms with Gasteiger partial charge in [0.05, 0.1) is 4.92 Å². The Bertz CT molecular complexity index is 631. The first kappa shape index (κ1) is 15.7. The predicted octanol–water partition coefficient (Wildman–Crippen LogP) is 2.59. The van der Waals surface area contributed by atoms with E-state index in [0.29, 0.717) is 9.88 Å². The van der Waals surface area contributed by atoms with E-state index in [9.17, 15) is 15.3 Å². The Labute approximate surface area is 132 Å². The molecule has 1 atom stereocenters. The molecule has 1 unspecified atom stereocenters. The Morgan fingerprint density at radius 3 is 2.62 bits per heavy atom. The van der Waals surface area contributed by atoms with Crippen molar-refractivity contribution in [1.29, 1.82) is 0 Å². The lowest BCUT2D eigenvalue weighted by Crippen LogP contribution is -2.46. The summed E-state index contributed by atoms with van der Waals surface area (Å²) >= 11 is 6.70. The van der Waals surface area contributed by atoms with Crippen molar-refractivity contribution in [2.24, 2.45) is 0 Å². The van der Waals surface area contributed by atoms with Crippen molar-refractivity contribution in [3.05, 3.63) is 45.2 Å². The van der Waals surface area contributed by atoms with Crippen molar-refractivity contribution in [2.45, 2.75) is 24.8 Å². The zero-order chi connectivity index (χ0) is 15.8. The fourth-order valence-electron chi connectivity index (χ4n) is 2.33. The SMILES string of the molecule is CN1C(=S)SC(C)(C)C1/[N+]([O-])=C/c1cccc([N+](=O)[O-])c1. The Kier molecular flexibility index (Phi) is 4.20. The number of benzene rings is 1. The maximum Gasteiger partial charge on any atom is 0.270 e. The number of nitro groups is 1. The molecule has 1 aliphatic heterocycles. The number of hydroxylamine groups is 1. The monoisotopic (exact) mass is 325 g/mol. The van der Waals surface area contributed by atoms with Crippen molar-refractivity contribution in [3.63, 3.8) is 0 Å². The first-order valence-corrected chi connectivity index (χ1v) is 7.45. The summed E-state index contributed by atoms with van der Waals surface area (Å²) in [4.78, 5) is 12.0. The number of nitro benzene ring substituents is 1. The summed E-state index contributed by atoms with van der Waals surface area (Å²) in [7, 11) is 1.78. The smallest absolute Gasteiger partial charge is 0.270 e. The van der Waals surface area contributed by atoms with Gasteiger partial charge in [0.25, 0.3) is 11.9 Å². The van der Waals surface area contributed by atoms with E-state index in [1.54, 1.807) is 24.1 Å². The van der Waals surface area contributed by atoms with Gasteiger partial charge < -0.3 is 10.1 Å². The Morgan fingerprint density at radius 2 is 2.10 bits per heavy atom. The van der Waals surface area contributed by atoms with Crippen LogP contribution < -0.4 is 0 Å². The second kappa shape index (κ2) is 5.61. The molecule has 0 bridgehead atoms. The maximum atomic E-state index is 12.4. The van der Waals surface area contributed by atoms with E-state index in [1.807, 2.05) is 13.8 Å². The second-order valence-electron chi connectivity index (χ2n) is 5.30. The standard InChI is InChI=1S/C13H15N3O3S2/c1-13(2)11(14(3)12(20)21-13)15(17)8-9-5-4-6-10(7-9)16(18)19/h4-8,11H,1-3H3/b15-8-. The van der Waals surface area contributed by atoms with E-state index in [1.165, 1.54) is 30.1 Å².